The van der Waals surface area contributed by atoms with E-state index in [9.17, 15) is 15.0 Å². The number of nitrogens with zero attached hydrogens (tertiary/aromatic N) is 2. The molecule has 2 aliphatic rings. The lowest BCUT2D eigenvalue weighted by Gasteiger charge is -2.61. The number of carbonyl (C=O) groups excluding carboxylic acids is 1. The van der Waals surface area contributed by atoms with E-state index in [1.807, 2.05) is 49.6 Å². The summed E-state index contributed by atoms with van der Waals surface area (Å²) in [6, 6.07) is 9.56. The molecule has 5 rings (SSSR count). The standard InChI is InChI=1S/C28H32N2O4S/c1-5-27-17-26(4,32)28(33,24-30-12-13-35-24)15-22(27)25(2,3)23(31)20-14-19(6-7-21(20)27)34-16-18-8-10-29-11-9-18/h6-14,22,32-33H,5,15-17H2,1-4H3. The Morgan fingerprint density at radius 3 is 2.51 bits per heavy atom. The van der Waals surface area contributed by atoms with Crippen LogP contribution in [0, 0.1) is 11.3 Å². The Morgan fingerprint density at radius 1 is 1.11 bits per heavy atom. The average molecular weight is 493 g/mol. The van der Waals surface area contributed by atoms with Gasteiger partial charge in [-0.3, -0.25) is 9.78 Å². The number of fused-ring (bicyclic) bond motifs is 3. The van der Waals surface area contributed by atoms with Gasteiger partial charge in [-0.25, -0.2) is 4.98 Å². The maximum absolute atomic E-state index is 13.9. The molecule has 0 saturated heterocycles. The largest absolute Gasteiger partial charge is 0.489 e. The van der Waals surface area contributed by atoms with Crippen LogP contribution in [0.3, 0.4) is 0 Å². The predicted molar refractivity (Wildman–Crippen MR) is 134 cm³/mol. The minimum absolute atomic E-state index is 0.0407. The number of thiazole rings is 1. The summed E-state index contributed by atoms with van der Waals surface area (Å²) >= 11 is 1.34. The smallest absolute Gasteiger partial charge is 0.169 e. The van der Waals surface area contributed by atoms with Crippen LogP contribution in [0.4, 0.5) is 0 Å². The van der Waals surface area contributed by atoms with E-state index in [0.717, 1.165) is 17.5 Å². The molecule has 1 aromatic carbocycles. The molecular weight excluding hydrogens is 460 g/mol. The molecule has 4 unspecified atom stereocenters. The van der Waals surface area contributed by atoms with Crippen LogP contribution < -0.4 is 4.74 Å². The van der Waals surface area contributed by atoms with Crippen molar-refractivity contribution < 1.29 is 19.7 Å². The van der Waals surface area contributed by atoms with E-state index in [2.05, 4.69) is 16.9 Å². The van der Waals surface area contributed by atoms with Gasteiger partial charge < -0.3 is 14.9 Å². The number of hydrogen-bond acceptors (Lipinski definition) is 7. The van der Waals surface area contributed by atoms with Crippen molar-refractivity contribution in [3.05, 3.63) is 76.0 Å². The Balaban J connectivity index is 1.58. The summed E-state index contributed by atoms with van der Waals surface area (Å²) in [7, 11) is 0. The van der Waals surface area contributed by atoms with E-state index in [0.29, 0.717) is 29.3 Å². The molecule has 0 aliphatic heterocycles. The summed E-state index contributed by atoms with van der Waals surface area (Å²) in [5, 5.41) is 25.9. The molecule has 0 amide bonds. The maximum Gasteiger partial charge on any atom is 0.169 e. The number of aromatic nitrogens is 2. The minimum Gasteiger partial charge on any atom is -0.489 e. The molecule has 0 bridgehead atoms. The number of aliphatic hydroxyl groups is 2. The minimum atomic E-state index is -1.52. The highest BCUT2D eigenvalue weighted by atomic mass is 32.1. The molecule has 2 heterocycles. The van der Waals surface area contributed by atoms with E-state index in [4.69, 9.17) is 4.74 Å². The van der Waals surface area contributed by atoms with Crippen molar-refractivity contribution in [3.63, 3.8) is 0 Å². The van der Waals surface area contributed by atoms with Gasteiger partial charge in [-0.2, -0.15) is 0 Å². The van der Waals surface area contributed by atoms with E-state index in [1.54, 1.807) is 25.5 Å². The van der Waals surface area contributed by atoms with E-state index in [-0.39, 0.29) is 18.1 Å². The monoisotopic (exact) mass is 492 g/mol. The topological polar surface area (TPSA) is 92.5 Å². The number of ketones is 1. The van der Waals surface area contributed by atoms with E-state index >= 15 is 0 Å². The molecule has 2 aliphatic carbocycles. The van der Waals surface area contributed by atoms with Gasteiger partial charge in [0.2, 0.25) is 0 Å². The number of ether oxygens (including phenoxy) is 1. The van der Waals surface area contributed by atoms with Crippen LogP contribution in [0.5, 0.6) is 5.75 Å². The zero-order chi connectivity index (χ0) is 25.1. The van der Waals surface area contributed by atoms with E-state index in [1.165, 1.54) is 11.3 Å². The fourth-order valence-electron chi connectivity index (χ4n) is 6.52. The lowest BCUT2D eigenvalue weighted by atomic mass is 9.44. The second-order valence-electron chi connectivity index (χ2n) is 10.8. The van der Waals surface area contributed by atoms with Gasteiger partial charge in [0.1, 0.15) is 23.0 Å². The highest BCUT2D eigenvalue weighted by Crippen LogP contribution is 2.64. The van der Waals surface area contributed by atoms with E-state index < -0.39 is 22.0 Å². The van der Waals surface area contributed by atoms with Gasteiger partial charge in [-0.15, -0.1) is 11.3 Å². The number of Topliss-reactive ketones (excluding diaryl/α,β-unsaturated/α-hetero) is 1. The molecule has 1 fully saturated rings. The third-order valence-corrected chi connectivity index (χ3v) is 9.44. The molecule has 1 saturated carbocycles. The predicted octanol–water partition coefficient (Wildman–Crippen LogP) is 5.04. The van der Waals surface area contributed by atoms with Crippen LogP contribution in [0.2, 0.25) is 0 Å². The summed E-state index contributed by atoms with van der Waals surface area (Å²) < 4.78 is 6.02. The van der Waals surface area contributed by atoms with Crippen LogP contribution in [0.1, 0.15) is 73.4 Å². The van der Waals surface area contributed by atoms with Gasteiger partial charge in [-0.05, 0) is 67.5 Å². The molecule has 3 aromatic rings. The SMILES string of the molecule is CCC12CC(C)(O)C(O)(c3nccs3)CC1C(C)(C)C(=O)c1cc(OCc3ccncc3)ccc12. The number of rotatable bonds is 5. The van der Waals surface area contributed by atoms with Gasteiger partial charge in [0.15, 0.2) is 5.78 Å². The molecule has 7 heteroatoms. The van der Waals surface area contributed by atoms with Gasteiger partial charge in [0, 0.05) is 40.4 Å². The molecule has 2 N–H and O–H groups in total. The molecule has 0 radical (unpaired) electrons. The molecule has 4 atom stereocenters. The van der Waals surface area contributed by atoms with Crippen molar-refractivity contribution in [1.82, 2.24) is 9.97 Å². The summed E-state index contributed by atoms with van der Waals surface area (Å²) in [5.74, 6) is 0.507. The number of pyridine rings is 1. The molecule has 35 heavy (non-hydrogen) atoms. The van der Waals surface area contributed by atoms with Crippen LogP contribution in [0.15, 0.2) is 54.3 Å². The molecule has 2 aromatic heterocycles. The second-order valence-corrected chi connectivity index (χ2v) is 11.7. The van der Waals surface area contributed by atoms with Crippen LogP contribution in [-0.4, -0.2) is 31.6 Å². The maximum atomic E-state index is 13.9. The van der Waals surface area contributed by atoms with Crippen molar-refractivity contribution in [2.45, 2.75) is 70.2 Å². The first-order valence-electron chi connectivity index (χ1n) is 12.1. The van der Waals surface area contributed by atoms with Gasteiger partial charge in [-0.1, -0.05) is 26.8 Å². The average Bonchev–Trinajstić information content (AvgIpc) is 3.39. The summed E-state index contributed by atoms with van der Waals surface area (Å²) in [4.78, 5) is 22.3. The highest BCUT2D eigenvalue weighted by Gasteiger charge is 2.66. The molecule has 0 spiro atoms. The van der Waals surface area contributed by atoms with Gasteiger partial charge >= 0.3 is 0 Å². The third kappa shape index (κ3) is 3.55. The summed E-state index contributed by atoms with van der Waals surface area (Å²) in [5.41, 5.74) is -1.56. The first kappa shape index (κ1) is 24.1. The number of carbonyl (C=O) groups is 1. The molecule has 184 valence electrons. The van der Waals surface area contributed by atoms with Crippen molar-refractivity contribution in [3.8, 4) is 5.75 Å². The highest BCUT2D eigenvalue weighted by molar-refractivity contribution is 7.09. The van der Waals surface area contributed by atoms with Crippen LogP contribution in [0.25, 0.3) is 0 Å². The number of benzene rings is 1. The zero-order valence-corrected chi connectivity index (χ0v) is 21.4. The molecule has 6 nitrogen and oxygen atoms in total. The third-order valence-electron chi connectivity index (χ3n) is 8.52. The fraction of sp³-hybridized carbons (Fsp3) is 0.464. The van der Waals surface area contributed by atoms with Gasteiger partial charge in [0.05, 0.1) is 5.60 Å². The second kappa shape index (κ2) is 8.22. The quantitative estimate of drug-likeness (QED) is 0.519. The summed E-state index contributed by atoms with van der Waals surface area (Å²) in [6.45, 7) is 8.15. The van der Waals surface area contributed by atoms with Crippen molar-refractivity contribution in [1.29, 1.82) is 0 Å². The Morgan fingerprint density at radius 2 is 1.86 bits per heavy atom. The first-order chi connectivity index (χ1) is 16.5. The number of hydrogen-bond donors (Lipinski definition) is 2. The Labute approximate surface area is 210 Å². The molecular formula is C28H32N2O4S. The Bertz CT molecular complexity index is 1240. The Kier molecular flexibility index (Phi) is 5.66. The van der Waals surface area contributed by atoms with Gasteiger partial charge in [0.25, 0.3) is 0 Å². The lowest BCUT2D eigenvalue weighted by molar-refractivity contribution is -0.213. The van der Waals surface area contributed by atoms with Crippen LogP contribution >= 0.6 is 11.3 Å². The van der Waals surface area contributed by atoms with Crippen LogP contribution in [-0.2, 0) is 17.6 Å². The first-order valence-corrected chi connectivity index (χ1v) is 13.0. The summed E-state index contributed by atoms with van der Waals surface area (Å²) in [6.07, 6.45) is 6.44. The zero-order valence-electron chi connectivity index (χ0n) is 20.6. The lowest BCUT2D eigenvalue weighted by Crippen LogP contribution is -2.66. The van der Waals surface area contributed by atoms with Crippen molar-refractivity contribution in [2.24, 2.45) is 11.3 Å². The fourth-order valence-corrected chi connectivity index (χ4v) is 7.39. The normalized spacial score (nSPS) is 31.5. The van der Waals surface area contributed by atoms with Crippen molar-refractivity contribution in [2.75, 3.05) is 0 Å². The Hall–Kier alpha value is -2.61. The van der Waals surface area contributed by atoms with Crippen molar-refractivity contribution >= 4 is 17.1 Å².